The normalized spacial score (nSPS) is 28.5. The summed E-state index contributed by atoms with van der Waals surface area (Å²) in [6.45, 7) is 6.63. The number of allylic oxidation sites excluding steroid dienone is 7. The number of halogens is 2. The third-order valence-corrected chi connectivity index (χ3v) is 7.78. The van der Waals surface area contributed by atoms with E-state index in [0.717, 1.165) is 52.0 Å². The van der Waals surface area contributed by atoms with Gasteiger partial charge in [0.1, 0.15) is 5.76 Å². The Balaban J connectivity index is 1.48. The molecule has 0 saturated carbocycles. The minimum absolute atomic E-state index is 0.136. The zero-order valence-electron chi connectivity index (χ0n) is 20.2. The Kier molecular flexibility index (Phi) is 7.42. The molecule has 1 N–H and O–H groups in total. The maximum Gasteiger partial charge on any atom is 0.394 e. The average Bonchev–Trinajstić information content (AvgIpc) is 3.21. The molecule has 3 aliphatic carbocycles. The van der Waals surface area contributed by atoms with E-state index in [1.165, 1.54) is 11.1 Å². The van der Waals surface area contributed by atoms with E-state index in [0.29, 0.717) is 37.0 Å². The topological polar surface area (TPSA) is 41.6 Å². The van der Waals surface area contributed by atoms with Crippen LogP contribution in [0.2, 0.25) is 0 Å². The molecule has 1 amide bonds. The van der Waals surface area contributed by atoms with Crippen molar-refractivity contribution in [2.75, 3.05) is 13.1 Å². The van der Waals surface area contributed by atoms with Crippen LogP contribution in [0.5, 0.6) is 0 Å². The standard InChI is InChI=1S/C27H38F2N2O2/c1-4-19(5-2)25-26(32)30-24(22-14-20-8-6-7-9-21(20)15-22)17-31(25)16-18-10-12-23(13-11-18)33-27(3,28)29/h6,8,10,12,19,22,24-25H,4-5,7,9,11,13-17H2,1-3H3,(H,30,32)/t22?,24-,25+/m0/s1. The summed E-state index contributed by atoms with van der Waals surface area (Å²) in [4.78, 5) is 15.8. The molecule has 1 unspecified atom stereocenters. The van der Waals surface area contributed by atoms with Gasteiger partial charge in [0.15, 0.2) is 0 Å². The van der Waals surface area contributed by atoms with E-state index < -0.39 is 6.11 Å². The van der Waals surface area contributed by atoms with Gasteiger partial charge in [-0.3, -0.25) is 9.69 Å². The summed E-state index contributed by atoms with van der Waals surface area (Å²) >= 11 is 0. The smallest absolute Gasteiger partial charge is 0.394 e. The van der Waals surface area contributed by atoms with Crippen LogP contribution in [0.1, 0.15) is 72.1 Å². The number of carbonyl (C=O) groups excluding carboxylic acids is 1. The molecule has 6 heteroatoms. The second-order valence-electron chi connectivity index (χ2n) is 10.2. The zero-order chi connectivity index (χ0) is 23.6. The van der Waals surface area contributed by atoms with E-state index in [1.54, 1.807) is 11.6 Å². The first kappa shape index (κ1) is 24.2. The van der Waals surface area contributed by atoms with E-state index in [-0.39, 0.29) is 18.0 Å². The number of ether oxygens (including phenoxy) is 1. The molecule has 1 heterocycles. The fourth-order valence-corrected chi connectivity index (χ4v) is 6.05. The van der Waals surface area contributed by atoms with Crippen molar-refractivity contribution >= 4 is 5.91 Å². The lowest BCUT2D eigenvalue weighted by Gasteiger charge is -2.44. The van der Waals surface area contributed by atoms with Gasteiger partial charge in [0, 0.05) is 32.5 Å². The number of nitrogens with one attached hydrogen (secondary N) is 1. The minimum Gasteiger partial charge on any atom is -0.437 e. The second-order valence-corrected chi connectivity index (χ2v) is 10.2. The largest absolute Gasteiger partial charge is 0.437 e. The van der Waals surface area contributed by atoms with E-state index >= 15 is 0 Å². The average molecular weight is 461 g/mol. The highest BCUT2D eigenvalue weighted by molar-refractivity contribution is 5.83. The van der Waals surface area contributed by atoms with Crippen LogP contribution >= 0.6 is 0 Å². The monoisotopic (exact) mass is 460 g/mol. The molecule has 3 atom stereocenters. The summed E-state index contributed by atoms with van der Waals surface area (Å²) in [5.74, 6) is 1.25. The molecule has 0 aromatic heterocycles. The molecule has 0 radical (unpaired) electrons. The van der Waals surface area contributed by atoms with Crippen molar-refractivity contribution < 1.29 is 18.3 Å². The molecule has 33 heavy (non-hydrogen) atoms. The number of piperazine rings is 1. The summed E-state index contributed by atoms with van der Waals surface area (Å²) < 4.78 is 31.1. The van der Waals surface area contributed by atoms with Crippen LogP contribution in [0.3, 0.4) is 0 Å². The van der Waals surface area contributed by atoms with Crippen LogP contribution in [0, 0.1) is 11.8 Å². The molecule has 4 aliphatic rings. The molecule has 0 bridgehead atoms. The fourth-order valence-electron chi connectivity index (χ4n) is 6.05. The molecule has 1 aliphatic heterocycles. The van der Waals surface area contributed by atoms with Gasteiger partial charge >= 0.3 is 6.11 Å². The molecule has 4 rings (SSSR count). The van der Waals surface area contributed by atoms with Gasteiger partial charge in [0.05, 0.1) is 6.04 Å². The van der Waals surface area contributed by atoms with Gasteiger partial charge < -0.3 is 10.1 Å². The Bertz CT molecular complexity index is 864. The van der Waals surface area contributed by atoms with Crippen LogP contribution in [0.4, 0.5) is 8.78 Å². The number of hydrogen-bond acceptors (Lipinski definition) is 3. The molecular formula is C27H38F2N2O2. The molecule has 1 fully saturated rings. The van der Waals surface area contributed by atoms with Gasteiger partial charge in [-0.1, -0.05) is 56.1 Å². The second kappa shape index (κ2) is 10.1. The van der Waals surface area contributed by atoms with Crippen molar-refractivity contribution in [1.82, 2.24) is 10.2 Å². The lowest BCUT2D eigenvalue weighted by Crippen LogP contribution is -2.64. The fraction of sp³-hybridized carbons (Fsp3) is 0.667. The number of alkyl halides is 2. The van der Waals surface area contributed by atoms with Gasteiger partial charge in [0.2, 0.25) is 5.91 Å². The molecule has 0 spiro atoms. The first-order valence-electron chi connectivity index (χ1n) is 12.6. The SMILES string of the molecule is CCC(CC)[C@@H]1C(=O)N[C@H](C2CC3=C(CCC=C3)C2)CN1CC1=CC=C(OC(C)(F)F)CC1. The predicted octanol–water partition coefficient (Wildman–Crippen LogP) is 5.88. The Hall–Kier alpha value is -1.95. The lowest BCUT2D eigenvalue weighted by atomic mass is 9.85. The maximum atomic E-state index is 13.4. The van der Waals surface area contributed by atoms with Crippen LogP contribution in [-0.2, 0) is 9.53 Å². The van der Waals surface area contributed by atoms with Crippen molar-refractivity contribution in [3.8, 4) is 0 Å². The Morgan fingerprint density at radius 2 is 1.97 bits per heavy atom. The molecule has 0 aromatic rings. The quantitative estimate of drug-likeness (QED) is 0.492. The van der Waals surface area contributed by atoms with Crippen LogP contribution in [0.25, 0.3) is 0 Å². The Morgan fingerprint density at radius 3 is 2.61 bits per heavy atom. The van der Waals surface area contributed by atoms with Crippen LogP contribution < -0.4 is 5.32 Å². The number of hydrogen-bond donors (Lipinski definition) is 1. The third-order valence-electron chi connectivity index (χ3n) is 7.78. The number of rotatable bonds is 8. The van der Waals surface area contributed by atoms with Gasteiger partial charge in [0.25, 0.3) is 0 Å². The summed E-state index contributed by atoms with van der Waals surface area (Å²) in [5.41, 5.74) is 4.23. The van der Waals surface area contributed by atoms with Crippen LogP contribution in [-0.4, -0.2) is 42.1 Å². The number of carbonyl (C=O) groups is 1. The third kappa shape index (κ3) is 5.76. The van der Waals surface area contributed by atoms with Crippen molar-refractivity contribution in [1.29, 1.82) is 0 Å². The van der Waals surface area contributed by atoms with Crippen molar-refractivity contribution in [3.05, 3.63) is 46.8 Å². The van der Waals surface area contributed by atoms with Gasteiger partial charge in [-0.05, 0) is 55.6 Å². The number of nitrogens with zero attached hydrogens (tertiary/aromatic N) is 1. The zero-order valence-corrected chi connectivity index (χ0v) is 20.2. The summed E-state index contributed by atoms with van der Waals surface area (Å²) in [7, 11) is 0. The molecule has 182 valence electrons. The summed E-state index contributed by atoms with van der Waals surface area (Å²) in [6.07, 6.45) is 12.5. The molecule has 1 saturated heterocycles. The van der Waals surface area contributed by atoms with Gasteiger partial charge in [-0.15, -0.1) is 0 Å². The lowest BCUT2D eigenvalue weighted by molar-refractivity contribution is -0.199. The van der Waals surface area contributed by atoms with E-state index in [2.05, 4.69) is 36.2 Å². The van der Waals surface area contributed by atoms with E-state index in [1.807, 2.05) is 6.08 Å². The number of amides is 1. The molecule has 0 aromatic carbocycles. The van der Waals surface area contributed by atoms with Crippen molar-refractivity contribution in [2.24, 2.45) is 11.8 Å². The highest BCUT2D eigenvalue weighted by Gasteiger charge is 2.42. The van der Waals surface area contributed by atoms with Gasteiger partial charge in [-0.2, -0.15) is 8.78 Å². The van der Waals surface area contributed by atoms with Crippen molar-refractivity contribution in [3.63, 3.8) is 0 Å². The van der Waals surface area contributed by atoms with E-state index in [9.17, 15) is 13.6 Å². The molecular weight excluding hydrogens is 422 g/mol. The first-order valence-corrected chi connectivity index (χ1v) is 12.6. The first-order chi connectivity index (χ1) is 15.8. The van der Waals surface area contributed by atoms with E-state index in [4.69, 9.17) is 4.74 Å². The Morgan fingerprint density at radius 1 is 1.18 bits per heavy atom. The Labute approximate surface area is 196 Å². The minimum atomic E-state index is -3.15. The predicted molar refractivity (Wildman–Crippen MR) is 127 cm³/mol. The van der Waals surface area contributed by atoms with Crippen LogP contribution in [0.15, 0.2) is 46.8 Å². The highest BCUT2D eigenvalue weighted by Crippen LogP contribution is 2.40. The van der Waals surface area contributed by atoms with Crippen molar-refractivity contribution in [2.45, 2.75) is 90.3 Å². The summed E-state index contributed by atoms with van der Waals surface area (Å²) in [5, 5.41) is 3.40. The van der Waals surface area contributed by atoms with Gasteiger partial charge in [-0.25, -0.2) is 0 Å². The maximum absolute atomic E-state index is 13.4. The summed E-state index contributed by atoms with van der Waals surface area (Å²) in [6, 6.07) is 0.0159. The molecule has 4 nitrogen and oxygen atoms in total. The highest BCUT2D eigenvalue weighted by atomic mass is 19.3.